The van der Waals surface area contributed by atoms with E-state index in [1.54, 1.807) is 18.2 Å². The lowest BCUT2D eigenvalue weighted by Gasteiger charge is -2.18. The second-order valence-electron chi connectivity index (χ2n) is 7.25. The van der Waals surface area contributed by atoms with Crippen LogP contribution in [0.1, 0.15) is 27.2 Å². The van der Waals surface area contributed by atoms with Gasteiger partial charge in [-0.15, -0.1) is 0 Å². The van der Waals surface area contributed by atoms with Crippen molar-refractivity contribution in [3.05, 3.63) is 38.8 Å². The summed E-state index contributed by atoms with van der Waals surface area (Å²) in [6.07, 6.45) is 1.65. The number of carbonyl (C=O) groups is 2. The highest BCUT2D eigenvalue weighted by Gasteiger charge is 2.60. The van der Waals surface area contributed by atoms with Crippen molar-refractivity contribution < 1.29 is 14.3 Å². The van der Waals surface area contributed by atoms with Crippen LogP contribution in [0.5, 0.6) is 0 Å². The van der Waals surface area contributed by atoms with E-state index >= 15 is 0 Å². The molecule has 0 aromatic heterocycles. The third kappa shape index (κ3) is 5.93. The molecule has 0 unspecified atom stereocenters. The first-order valence-electron chi connectivity index (χ1n) is 8.78. The molecule has 0 spiro atoms. The summed E-state index contributed by atoms with van der Waals surface area (Å²) in [5.74, 6) is -0.353. The van der Waals surface area contributed by atoms with E-state index in [9.17, 15) is 9.59 Å². The van der Waals surface area contributed by atoms with Crippen molar-refractivity contribution in [2.45, 2.75) is 33.2 Å². The van der Waals surface area contributed by atoms with Crippen molar-refractivity contribution in [2.75, 3.05) is 11.9 Å². The summed E-state index contributed by atoms with van der Waals surface area (Å²) in [5, 5.41) is 6.21. The van der Waals surface area contributed by atoms with Crippen molar-refractivity contribution in [2.24, 2.45) is 17.3 Å². The molecule has 1 aliphatic carbocycles. The van der Waals surface area contributed by atoms with Crippen LogP contribution in [0.4, 0.5) is 10.5 Å². The second kappa shape index (κ2) is 9.57. The molecule has 2 amide bonds. The molecule has 0 heterocycles. The highest BCUT2D eigenvalue weighted by atomic mass is 35.5. The Kier molecular flexibility index (Phi) is 7.91. The van der Waals surface area contributed by atoms with Crippen LogP contribution in [0.2, 0.25) is 10.0 Å². The fraction of sp³-hybridized carbons (Fsp3) is 0.474. The van der Waals surface area contributed by atoms with Gasteiger partial charge in [-0.3, -0.25) is 10.1 Å². The molecule has 2 N–H and O–H groups in total. The molecule has 0 saturated heterocycles. The van der Waals surface area contributed by atoms with Gasteiger partial charge in [0.1, 0.15) is 11.1 Å². The van der Waals surface area contributed by atoms with Crippen LogP contribution in [0.3, 0.4) is 0 Å². The first-order chi connectivity index (χ1) is 13.1. The lowest BCUT2D eigenvalue weighted by molar-refractivity contribution is -0.124. The molecular formula is C19H22Cl4N2O3. The van der Waals surface area contributed by atoms with Crippen LogP contribution in [0, 0.1) is 17.3 Å². The lowest BCUT2D eigenvalue weighted by Crippen LogP contribution is -2.40. The fourth-order valence-electron chi connectivity index (χ4n) is 3.08. The molecule has 1 aliphatic rings. The smallest absolute Gasteiger partial charge is 0.411 e. The van der Waals surface area contributed by atoms with Crippen LogP contribution in [0.15, 0.2) is 28.8 Å². The molecule has 0 radical (unpaired) electrons. The summed E-state index contributed by atoms with van der Waals surface area (Å²) in [7, 11) is 0. The van der Waals surface area contributed by atoms with Gasteiger partial charge < -0.3 is 10.1 Å². The van der Waals surface area contributed by atoms with Gasteiger partial charge in [0.2, 0.25) is 5.91 Å². The van der Waals surface area contributed by atoms with E-state index in [-0.39, 0.29) is 40.3 Å². The minimum atomic E-state index is -0.646. The molecule has 1 aromatic carbocycles. The van der Waals surface area contributed by atoms with Crippen molar-refractivity contribution in [3.63, 3.8) is 0 Å². The van der Waals surface area contributed by atoms with Gasteiger partial charge in [0, 0.05) is 5.69 Å². The van der Waals surface area contributed by atoms with Crippen molar-refractivity contribution in [1.82, 2.24) is 5.32 Å². The average molecular weight is 468 g/mol. The maximum atomic E-state index is 12.6. The van der Waals surface area contributed by atoms with Crippen molar-refractivity contribution in [3.8, 4) is 0 Å². The van der Waals surface area contributed by atoms with E-state index in [4.69, 9.17) is 51.1 Å². The average Bonchev–Trinajstić information content (AvgIpc) is 3.14. The minimum Gasteiger partial charge on any atom is -0.447 e. The standard InChI is InChI=1S/C19H22Cl4N2O3/c1-4-10(24-17(26)16-12(8-15(22)23)19(16,2)3)9-28-18(27)25-11-5-6-13(20)14(21)7-11/h5-8,10,12,16H,4,9H2,1-3H3,(H,24,26)(H,25,27)/t10-,12-,16+/m0/s1. The maximum Gasteiger partial charge on any atom is 0.411 e. The number of ether oxygens (including phenoxy) is 1. The third-order valence-corrected chi connectivity index (χ3v) is 5.91. The summed E-state index contributed by atoms with van der Waals surface area (Å²) in [5.41, 5.74) is 0.243. The predicted molar refractivity (Wildman–Crippen MR) is 114 cm³/mol. The Morgan fingerprint density at radius 1 is 1.25 bits per heavy atom. The summed E-state index contributed by atoms with van der Waals surface area (Å²) >= 11 is 23.2. The molecule has 0 aliphatic heterocycles. The third-order valence-electron chi connectivity index (χ3n) is 4.92. The number of hydrogen-bond donors (Lipinski definition) is 2. The zero-order chi connectivity index (χ0) is 21.1. The van der Waals surface area contributed by atoms with E-state index in [1.165, 1.54) is 6.07 Å². The summed E-state index contributed by atoms with van der Waals surface area (Å²) in [6.45, 7) is 5.91. The van der Waals surface area contributed by atoms with Gasteiger partial charge in [-0.2, -0.15) is 0 Å². The number of carbonyl (C=O) groups excluding carboxylic acids is 2. The van der Waals surface area contributed by atoms with Crippen LogP contribution in [0.25, 0.3) is 0 Å². The number of rotatable bonds is 7. The molecule has 5 nitrogen and oxygen atoms in total. The minimum absolute atomic E-state index is 0.0196. The number of allylic oxidation sites excluding steroid dienone is 1. The Labute approximate surface area is 184 Å². The monoisotopic (exact) mass is 466 g/mol. The number of halogens is 4. The molecule has 1 saturated carbocycles. The molecule has 0 bridgehead atoms. The normalized spacial score (nSPS) is 20.7. The number of anilines is 1. The van der Waals surface area contributed by atoms with E-state index < -0.39 is 6.09 Å². The van der Waals surface area contributed by atoms with Gasteiger partial charge in [-0.1, -0.05) is 67.2 Å². The van der Waals surface area contributed by atoms with Gasteiger partial charge in [-0.25, -0.2) is 4.79 Å². The van der Waals surface area contributed by atoms with Gasteiger partial charge >= 0.3 is 6.09 Å². The molecule has 28 heavy (non-hydrogen) atoms. The summed E-state index contributed by atoms with van der Waals surface area (Å²) in [4.78, 5) is 24.6. The van der Waals surface area contributed by atoms with Crippen molar-refractivity contribution in [1.29, 1.82) is 0 Å². The number of hydrogen-bond acceptors (Lipinski definition) is 3. The Balaban J connectivity index is 1.85. The zero-order valence-electron chi connectivity index (χ0n) is 15.7. The molecular weight excluding hydrogens is 446 g/mol. The Hall–Kier alpha value is -1.14. The zero-order valence-corrected chi connectivity index (χ0v) is 18.7. The fourth-order valence-corrected chi connectivity index (χ4v) is 3.65. The summed E-state index contributed by atoms with van der Waals surface area (Å²) < 4.78 is 5.37. The predicted octanol–water partition coefficient (Wildman–Crippen LogP) is 6.03. The van der Waals surface area contributed by atoms with E-state index in [0.29, 0.717) is 22.2 Å². The van der Waals surface area contributed by atoms with Crippen LogP contribution >= 0.6 is 46.4 Å². The second-order valence-corrected chi connectivity index (χ2v) is 9.07. The molecule has 3 atom stereocenters. The SMILES string of the molecule is CC[C@@H](COC(=O)Nc1ccc(Cl)c(Cl)c1)NC(=O)[C@H]1[C@H](C=C(Cl)Cl)C1(C)C. The van der Waals surface area contributed by atoms with Crippen LogP contribution in [-0.4, -0.2) is 24.6 Å². The first-order valence-corrected chi connectivity index (χ1v) is 10.3. The molecule has 1 fully saturated rings. The number of benzene rings is 1. The topological polar surface area (TPSA) is 67.4 Å². The Morgan fingerprint density at radius 2 is 1.93 bits per heavy atom. The van der Waals surface area contributed by atoms with E-state index in [0.717, 1.165) is 0 Å². The molecule has 2 rings (SSSR count). The quantitative estimate of drug-likeness (QED) is 0.514. The van der Waals surface area contributed by atoms with Gasteiger partial charge in [-0.05, 0) is 42.0 Å². The molecule has 154 valence electrons. The van der Waals surface area contributed by atoms with Gasteiger partial charge in [0.15, 0.2) is 0 Å². The van der Waals surface area contributed by atoms with Crippen LogP contribution < -0.4 is 10.6 Å². The lowest BCUT2D eigenvalue weighted by atomic mass is 10.1. The van der Waals surface area contributed by atoms with Gasteiger partial charge in [0.25, 0.3) is 0 Å². The molecule has 9 heteroatoms. The summed E-state index contributed by atoms with van der Waals surface area (Å²) in [6, 6.07) is 4.40. The molecule has 1 aromatic rings. The first kappa shape index (κ1) is 23.1. The van der Waals surface area contributed by atoms with E-state index in [2.05, 4.69) is 10.6 Å². The van der Waals surface area contributed by atoms with Crippen molar-refractivity contribution >= 4 is 64.1 Å². The highest BCUT2D eigenvalue weighted by Crippen LogP contribution is 2.59. The highest BCUT2D eigenvalue weighted by molar-refractivity contribution is 6.55. The Morgan fingerprint density at radius 3 is 2.50 bits per heavy atom. The number of amides is 2. The largest absolute Gasteiger partial charge is 0.447 e. The van der Waals surface area contributed by atoms with Crippen LogP contribution in [-0.2, 0) is 9.53 Å². The van der Waals surface area contributed by atoms with E-state index in [1.807, 2.05) is 20.8 Å². The number of nitrogens with one attached hydrogen (secondary N) is 2. The maximum absolute atomic E-state index is 12.6. The Bertz CT molecular complexity index is 778. The van der Waals surface area contributed by atoms with Gasteiger partial charge in [0.05, 0.1) is 22.0 Å².